The fraction of sp³-hybridized carbons (Fsp3) is 0.0833. The van der Waals surface area contributed by atoms with Crippen molar-refractivity contribution in [3.8, 4) is 5.75 Å². The van der Waals surface area contributed by atoms with Crippen LogP contribution in [0.3, 0.4) is 0 Å². The zero-order valence-electron chi connectivity index (χ0n) is 16.9. The van der Waals surface area contributed by atoms with Crippen LogP contribution in [0, 0.1) is 5.82 Å². The number of fused-ring (bicyclic) bond motifs is 2. The van der Waals surface area contributed by atoms with Crippen LogP contribution in [0.1, 0.15) is 27.8 Å². The van der Waals surface area contributed by atoms with E-state index in [1.165, 1.54) is 18.2 Å². The van der Waals surface area contributed by atoms with Crippen molar-refractivity contribution in [3.63, 3.8) is 0 Å². The van der Waals surface area contributed by atoms with Gasteiger partial charge in [0.2, 0.25) is 0 Å². The molecule has 6 nitrogen and oxygen atoms in total. The molecule has 0 bridgehead atoms. The predicted octanol–water partition coefficient (Wildman–Crippen LogP) is 5.18. The highest BCUT2D eigenvalue weighted by Gasteiger charge is 2.25. The van der Waals surface area contributed by atoms with Crippen molar-refractivity contribution in [1.82, 2.24) is 20.1 Å². The third kappa shape index (κ3) is 3.52. The number of aromatic nitrogens is 3. The Morgan fingerprint density at radius 2 is 1.97 bits per heavy atom. The van der Waals surface area contributed by atoms with E-state index in [1.807, 2.05) is 48.5 Å². The van der Waals surface area contributed by atoms with E-state index in [0.717, 1.165) is 20.9 Å². The standard InChI is InChI=1S/C24H18BrFN4O2/c1-30-20-11-14(25)6-8-16(20)23(29-30)24(32)28-22(17-12-15(26)7-9-21(17)31)19-10-13-4-2-3-5-18(13)27-19/h2-12,22,27,31H,1H3,(H,28,32). The van der Waals surface area contributed by atoms with Crippen molar-refractivity contribution in [2.45, 2.75) is 6.04 Å². The Morgan fingerprint density at radius 3 is 2.78 bits per heavy atom. The first-order valence-corrected chi connectivity index (χ1v) is 10.7. The van der Waals surface area contributed by atoms with Gasteiger partial charge in [0, 0.05) is 33.7 Å². The number of halogens is 2. The topological polar surface area (TPSA) is 82.9 Å². The van der Waals surface area contributed by atoms with E-state index < -0.39 is 17.8 Å². The largest absolute Gasteiger partial charge is 0.508 e. The maximum atomic E-state index is 14.1. The molecule has 0 saturated carbocycles. The minimum atomic E-state index is -0.821. The number of rotatable bonds is 4. The number of benzene rings is 3. The summed E-state index contributed by atoms with van der Waals surface area (Å²) in [5.41, 5.74) is 2.76. The van der Waals surface area contributed by atoms with E-state index in [0.29, 0.717) is 11.1 Å². The molecule has 1 unspecified atom stereocenters. The Kier molecular flexibility index (Phi) is 4.94. The molecular formula is C24H18BrFN4O2. The molecule has 0 saturated heterocycles. The van der Waals surface area contributed by atoms with Crippen molar-refractivity contribution in [1.29, 1.82) is 0 Å². The molecule has 5 rings (SSSR count). The number of amides is 1. The predicted molar refractivity (Wildman–Crippen MR) is 124 cm³/mol. The fourth-order valence-electron chi connectivity index (χ4n) is 3.93. The number of phenolic OH excluding ortho intramolecular Hbond substituents is 1. The zero-order valence-corrected chi connectivity index (χ0v) is 18.5. The molecule has 0 aliphatic rings. The van der Waals surface area contributed by atoms with Crippen LogP contribution in [0.5, 0.6) is 5.75 Å². The first kappa shape index (κ1) is 20.3. The Hall–Kier alpha value is -3.65. The maximum Gasteiger partial charge on any atom is 0.273 e. The molecule has 3 aromatic carbocycles. The van der Waals surface area contributed by atoms with Gasteiger partial charge in [-0.25, -0.2) is 4.39 Å². The molecule has 1 amide bonds. The maximum absolute atomic E-state index is 14.1. The first-order valence-electron chi connectivity index (χ1n) is 9.90. The minimum Gasteiger partial charge on any atom is -0.508 e. The lowest BCUT2D eigenvalue weighted by atomic mass is 10.0. The normalized spacial score (nSPS) is 12.3. The highest BCUT2D eigenvalue weighted by Crippen LogP contribution is 2.32. The lowest BCUT2D eigenvalue weighted by molar-refractivity contribution is 0.0938. The van der Waals surface area contributed by atoms with Gasteiger partial charge in [0.15, 0.2) is 5.69 Å². The average molecular weight is 493 g/mol. The summed E-state index contributed by atoms with van der Waals surface area (Å²) in [6.45, 7) is 0. The zero-order chi connectivity index (χ0) is 22.4. The number of hydrogen-bond acceptors (Lipinski definition) is 3. The molecule has 0 radical (unpaired) electrons. The minimum absolute atomic E-state index is 0.120. The average Bonchev–Trinajstić information content (AvgIpc) is 3.35. The first-order chi connectivity index (χ1) is 15.4. The number of hydrogen-bond donors (Lipinski definition) is 3. The third-order valence-corrected chi connectivity index (χ3v) is 5.96. The summed E-state index contributed by atoms with van der Waals surface area (Å²) in [6, 6.07) is 17.9. The van der Waals surface area contributed by atoms with Crippen molar-refractivity contribution >= 4 is 43.6 Å². The Bertz CT molecular complexity index is 1460. The Balaban J connectivity index is 1.61. The number of aryl methyl sites for hydroxylation is 1. The summed E-state index contributed by atoms with van der Waals surface area (Å²) >= 11 is 3.44. The van der Waals surface area contributed by atoms with Gasteiger partial charge >= 0.3 is 0 Å². The molecule has 2 aromatic heterocycles. The van der Waals surface area contributed by atoms with Crippen molar-refractivity contribution < 1.29 is 14.3 Å². The summed E-state index contributed by atoms with van der Waals surface area (Å²) in [7, 11) is 1.76. The lowest BCUT2D eigenvalue weighted by Gasteiger charge is -2.19. The molecule has 32 heavy (non-hydrogen) atoms. The van der Waals surface area contributed by atoms with Gasteiger partial charge in [-0.3, -0.25) is 9.48 Å². The molecule has 0 spiro atoms. The van der Waals surface area contributed by atoms with Gasteiger partial charge in [-0.15, -0.1) is 0 Å². The van der Waals surface area contributed by atoms with Crippen LogP contribution in [0.4, 0.5) is 4.39 Å². The van der Waals surface area contributed by atoms with Gasteiger partial charge < -0.3 is 15.4 Å². The van der Waals surface area contributed by atoms with Crippen molar-refractivity contribution in [3.05, 3.63) is 94.0 Å². The molecule has 2 heterocycles. The Morgan fingerprint density at radius 1 is 1.16 bits per heavy atom. The number of H-pyrrole nitrogens is 1. The summed E-state index contributed by atoms with van der Waals surface area (Å²) in [4.78, 5) is 16.6. The van der Waals surface area contributed by atoms with Crippen LogP contribution in [-0.4, -0.2) is 25.8 Å². The number of aromatic hydroxyl groups is 1. The van der Waals surface area contributed by atoms with Crippen LogP contribution < -0.4 is 5.32 Å². The van der Waals surface area contributed by atoms with E-state index in [9.17, 15) is 14.3 Å². The van der Waals surface area contributed by atoms with Crippen LogP contribution in [0.15, 0.2) is 71.2 Å². The molecule has 5 aromatic rings. The van der Waals surface area contributed by atoms with E-state index in [2.05, 4.69) is 31.3 Å². The van der Waals surface area contributed by atoms with E-state index in [4.69, 9.17) is 0 Å². The second-order valence-corrected chi connectivity index (χ2v) is 8.47. The molecule has 8 heteroatoms. The number of aromatic amines is 1. The highest BCUT2D eigenvalue weighted by molar-refractivity contribution is 9.10. The molecule has 0 aliphatic heterocycles. The van der Waals surface area contributed by atoms with Crippen LogP contribution in [0.2, 0.25) is 0 Å². The van der Waals surface area contributed by atoms with Gasteiger partial charge in [-0.2, -0.15) is 5.10 Å². The van der Waals surface area contributed by atoms with Crippen molar-refractivity contribution in [2.75, 3.05) is 0 Å². The number of para-hydroxylation sites is 1. The summed E-state index contributed by atoms with van der Waals surface area (Å²) in [6.07, 6.45) is 0. The van der Waals surface area contributed by atoms with Gasteiger partial charge in [0.05, 0.1) is 11.6 Å². The second kappa shape index (κ2) is 7.80. The molecular weight excluding hydrogens is 475 g/mol. The highest BCUT2D eigenvalue weighted by atomic mass is 79.9. The van der Waals surface area contributed by atoms with Gasteiger partial charge in [0.25, 0.3) is 5.91 Å². The van der Waals surface area contributed by atoms with Crippen LogP contribution in [0.25, 0.3) is 21.8 Å². The van der Waals surface area contributed by atoms with Gasteiger partial charge in [-0.1, -0.05) is 34.1 Å². The van der Waals surface area contributed by atoms with Crippen LogP contribution >= 0.6 is 15.9 Å². The van der Waals surface area contributed by atoms with Crippen LogP contribution in [-0.2, 0) is 7.05 Å². The third-order valence-electron chi connectivity index (χ3n) is 5.47. The molecule has 0 fully saturated rings. The number of carbonyl (C=O) groups excluding carboxylic acids is 1. The Labute approximate surface area is 190 Å². The van der Waals surface area contributed by atoms with E-state index >= 15 is 0 Å². The number of nitrogens with one attached hydrogen (secondary N) is 2. The van der Waals surface area contributed by atoms with E-state index in [-0.39, 0.29) is 17.0 Å². The van der Waals surface area contributed by atoms with Crippen molar-refractivity contribution in [2.24, 2.45) is 7.05 Å². The van der Waals surface area contributed by atoms with Gasteiger partial charge in [0.1, 0.15) is 11.6 Å². The molecule has 3 N–H and O–H groups in total. The SMILES string of the molecule is Cn1nc(C(=O)NC(c2cc3ccccc3[nH]2)c2cc(F)ccc2O)c2ccc(Br)cc21. The fourth-order valence-corrected chi connectivity index (χ4v) is 4.28. The molecule has 160 valence electrons. The summed E-state index contributed by atoms with van der Waals surface area (Å²) in [5, 5.41) is 19.4. The quantitative estimate of drug-likeness (QED) is 0.323. The number of carbonyl (C=O) groups is 1. The lowest BCUT2D eigenvalue weighted by Crippen LogP contribution is -2.30. The molecule has 0 aliphatic carbocycles. The molecule has 1 atom stereocenters. The van der Waals surface area contributed by atoms with E-state index in [1.54, 1.807) is 11.7 Å². The van der Waals surface area contributed by atoms with Gasteiger partial charge in [-0.05, 0) is 53.9 Å². The number of nitrogens with zero attached hydrogens (tertiary/aromatic N) is 2. The number of phenols is 1. The monoisotopic (exact) mass is 492 g/mol. The summed E-state index contributed by atoms with van der Waals surface area (Å²) in [5.74, 6) is -1.07. The smallest absolute Gasteiger partial charge is 0.273 e. The summed E-state index contributed by atoms with van der Waals surface area (Å²) < 4.78 is 16.6. The second-order valence-electron chi connectivity index (χ2n) is 7.56.